The van der Waals surface area contributed by atoms with Gasteiger partial charge in [0.05, 0.1) is 6.10 Å². The number of hydrogen-bond acceptors (Lipinski definition) is 2. The molecule has 1 aromatic rings. The van der Waals surface area contributed by atoms with E-state index < -0.39 is 6.10 Å². The second-order valence-corrected chi connectivity index (χ2v) is 5.43. The number of rotatable bonds is 5. The number of aliphatic hydroxyl groups is 1. The van der Waals surface area contributed by atoms with Gasteiger partial charge in [-0.15, -0.1) is 0 Å². The minimum atomic E-state index is -0.442. The molecule has 1 aromatic carbocycles. The standard InChI is InChI=1S/C15H25NO/c1-10(2)7-13(9-16)15(17)14-6-5-11(3)8-12(14)4/h5-6,8,10,13,15,17H,7,9,16H2,1-4H3. The lowest BCUT2D eigenvalue weighted by molar-refractivity contribution is 0.0989. The van der Waals surface area contributed by atoms with Crippen LogP contribution < -0.4 is 5.73 Å². The molecule has 96 valence electrons. The number of aliphatic hydroxyl groups excluding tert-OH is 1. The van der Waals surface area contributed by atoms with Gasteiger partial charge in [0.2, 0.25) is 0 Å². The third-order valence-electron chi connectivity index (χ3n) is 3.27. The van der Waals surface area contributed by atoms with Gasteiger partial charge < -0.3 is 10.8 Å². The van der Waals surface area contributed by atoms with Gasteiger partial charge in [-0.25, -0.2) is 0 Å². The summed E-state index contributed by atoms with van der Waals surface area (Å²) in [6.07, 6.45) is 0.522. The van der Waals surface area contributed by atoms with Crippen molar-refractivity contribution in [3.05, 3.63) is 34.9 Å². The number of aryl methyl sites for hydroxylation is 2. The van der Waals surface area contributed by atoms with Crippen molar-refractivity contribution in [2.45, 2.75) is 40.2 Å². The molecule has 0 bridgehead atoms. The van der Waals surface area contributed by atoms with Crippen LogP contribution in [0.15, 0.2) is 18.2 Å². The third-order valence-corrected chi connectivity index (χ3v) is 3.27. The predicted octanol–water partition coefficient (Wildman–Crippen LogP) is 2.96. The number of hydrogen-bond donors (Lipinski definition) is 2. The lowest BCUT2D eigenvalue weighted by Gasteiger charge is -2.25. The molecule has 2 atom stereocenters. The van der Waals surface area contributed by atoms with E-state index in [4.69, 9.17) is 5.73 Å². The lowest BCUT2D eigenvalue weighted by Crippen LogP contribution is -2.24. The van der Waals surface area contributed by atoms with Crippen LogP contribution in [0.25, 0.3) is 0 Å². The Labute approximate surface area is 105 Å². The largest absolute Gasteiger partial charge is 0.388 e. The summed E-state index contributed by atoms with van der Waals surface area (Å²) in [6, 6.07) is 6.19. The molecule has 0 saturated heterocycles. The van der Waals surface area contributed by atoms with Crippen LogP contribution in [0.4, 0.5) is 0 Å². The normalized spacial score (nSPS) is 15.0. The van der Waals surface area contributed by atoms with Crippen LogP contribution in [0.1, 0.15) is 43.1 Å². The van der Waals surface area contributed by atoms with Gasteiger partial charge >= 0.3 is 0 Å². The van der Waals surface area contributed by atoms with Crippen LogP contribution in [-0.2, 0) is 0 Å². The first kappa shape index (κ1) is 14.2. The Morgan fingerprint density at radius 1 is 1.24 bits per heavy atom. The molecule has 0 heterocycles. The fraction of sp³-hybridized carbons (Fsp3) is 0.600. The van der Waals surface area contributed by atoms with Gasteiger partial charge in [-0.1, -0.05) is 37.6 Å². The van der Waals surface area contributed by atoms with E-state index in [0.717, 1.165) is 17.5 Å². The first-order valence-corrected chi connectivity index (χ1v) is 6.41. The zero-order valence-electron chi connectivity index (χ0n) is 11.4. The Hall–Kier alpha value is -0.860. The van der Waals surface area contributed by atoms with E-state index in [1.54, 1.807) is 0 Å². The Balaban J connectivity index is 2.89. The highest BCUT2D eigenvalue weighted by Crippen LogP contribution is 2.29. The SMILES string of the molecule is Cc1ccc(C(O)C(CN)CC(C)C)c(C)c1. The van der Waals surface area contributed by atoms with Crippen LogP contribution in [-0.4, -0.2) is 11.7 Å². The Bertz CT molecular complexity index is 360. The first-order chi connectivity index (χ1) is 7.95. The third kappa shape index (κ3) is 3.83. The van der Waals surface area contributed by atoms with Gasteiger partial charge in [0, 0.05) is 5.92 Å². The summed E-state index contributed by atoms with van der Waals surface area (Å²) in [5.41, 5.74) is 9.18. The van der Waals surface area contributed by atoms with Crippen LogP contribution in [0.3, 0.4) is 0 Å². The topological polar surface area (TPSA) is 46.2 Å². The molecular formula is C15H25NO. The molecule has 1 rings (SSSR count). The molecule has 2 heteroatoms. The van der Waals surface area contributed by atoms with Gasteiger partial charge in [0.15, 0.2) is 0 Å². The molecule has 2 unspecified atom stereocenters. The van der Waals surface area contributed by atoms with Crippen molar-refractivity contribution in [3.63, 3.8) is 0 Å². The summed E-state index contributed by atoms with van der Waals surface area (Å²) < 4.78 is 0. The molecule has 0 amide bonds. The van der Waals surface area contributed by atoms with Crippen LogP contribution in [0, 0.1) is 25.7 Å². The van der Waals surface area contributed by atoms with Crippen molar-refractivity contribution in [1.82, 2.24) is 0 Å². The molecule has 3 N–H and O–H groups in total. The summed E-state index contributed by atoms with van der Waals surface area (Å²) >= 11 is 0. The molecule has 0 aromatic heterocycles. The van der Waals surface area contributed by atoms with E-state index in [2.05, 4.69) is 39.8 Å². The molecule has 0 radical (unpaired) electrons. The molecule has 0 aliphatic carbocycles. The van der Waals surface area contributed by atoms with E-state index >= 15 is 0 Å². The van der Waals surface area contributed by atoms with Crippen LogP contribution in [0.2, 0.25) is 0 Å². The minimum absolute atomic E-state index is 0.149. The number of nitrogens with two attached hydrogens (primary N) is 1. The smallest absolute Gasteiger partial charge is 0.0832 e. The van der Waals surface area contributed by atoms with Crippen molar-refractivity contribution in [1.29, 1.82) is 0 Å². The van der Waals surface area contributed by atoms with Crippen molar-refractivity contribution < 1.29 is 5.11 Å². The zero-order valence-corrected chi connectivity index (χ0v) is 11.4. The molecule has 17 heavy (non-hydrogen) atoms. The predicted molar refractivity (Wildman–Crippen MR) is 72.9 cm³/mol. The van der Waals surface area contributed by atoms with Crippen molar-refractivity contribution in [3.8, 4) is 0 Å². The average Bonchev–Trinajstić information content (AvgIpc) is 2.24. The first-order valence-electron chi connectivity index (χ1n) is 6.41. The highest BCUT2D eigenvalue weighted by molar-refractivity contribution is 5.32. The second-order valence-electron chi connectivity index (χ2n) is 5.43. The molecular weight excluding hydrogens is 210 g/mol. The fourth-order valence-electron chi connectivity index (χ4n) is 2.37. The van der Waals surface area contributed by atoms with E-state index in [-0.39, 0.29) is 5.92 Å². The highest BCUT2D eigenvalue weighted by Gasteiger charge is 2.21. The monoisotopic (exact) mass is 235 g/mol. The molecule has 0 aliphatic rings. The minimum Gasteiger partial charge on any atom is -0.388 e. The summed E-state index contributed by atoms with van der Waals surface area (Å²) in [4.78, 5) is 0. The van der Waals surface area contributed by atoms with Crippen LogP contribution in [0.5, 0.6) is 0 Å². The zero-order chi connectivity index (χ0) is 13.0. The van der Waals surface area contributed by atoms with Crippen molar-refractivity contribution in [2.75, 3.05) is 6.54 Å². The summed E-state index contributed by atoms with van der Waals surface area (Å²) in [5, 5.41) is 10.4. The van der Waals surface area contributed by atoms with Gasteiger partial charge in [-0.2, -0.15) is 0 Å². The quantitative estimate of drug-likeness (QED) is 0.824. The van der Waals surface area contributed by atoms with E-state index in [0.29, 0.717) is 12.5 Å². The second kappa shape index (κ2) is 6.18. The van der Waals surface area contributed by atoms with Gasteiger partial charge in [-0.05, 0) is 43.9 Å². The lowest BCUT2D eigenvalue weighted by atomic mass is 9.86. The van der Waals surface area contributed by atoms with Crippen LogP contribution >= 0.6 is 0 Å². The average molecular weight is 235 g/mol. The van der Waals surface area contributed by atoms with E-state index in [1.807, 2.05) is 6.07 Å². The maximum atomic E-state index is 10.4. The number of benzene rings is 1. The van der Waals surface area contributed by atoms with Gasteiger partial charge in [0.25, 0.3) is 0 Å². The van der Waals surface area contributed by atoms with Crippen molar-refractivity contribution in [2.24, 2.45) is 17.6 Å². The summed E-state index contributed by atoms with van der Waals surface area (Å²) in [5.74, 6) is 0.709. The summed E-state index contributed by atoms with van der Waals surface area (Å²) in [7, 11) is 0. The Morgan fingerprint density at radius 2 is 1.88 bits per heavy atom. The van der Waals surface area contributed by atoms with Gasteiger partial charge in [0.1, 0.15) is 0 Å². The molecule has 0 fully saturated rings. The molecule has 2 nitrogen and oxygen atoms in total. The molecule has 0 saturated carbocycles. The van der Waals surface area contributed by atoms with E-state index in [1.165, 1.54) is 5.56 Å². The highest BCUT2D eigenvalue weighted by atomic mass is 16.3. The molecule has 0 aliphatic heterocycles. The van der Waals surface area contributed by atoms with Crippen molar-refractivity contribution >= 4 is 0 Å². The maximum Gasteiger partial charge on any atom is 0.0832 e. The fourth-order valence-corrected chi connectivity index (χ4v) is 2.37. The van der Waals surface area contributed by atoms with E-state index in [9.17, 15) is 5.11 Å². The van der Waals surface area contributed by atoms with Gasteiger partial charge in [-0.3, -0.25) is 0 Å². The maximum absolute atomic E-state index is 10.4. The Morgan fingerprint density at radius 3 is 2.35 bits per heavy atom. The summed E-state index contributed by atoms with van der Waals surface area (Å²) in [6.45, 7) is 8.98. The Kier molecular flexibility index (Phi) is 5.16. The molecule has 0 spiro atoms.